The molecule has 1 N–H and O–H groups in total. The highest BCUT2D eigenvalue weighted by Crippen LogP contribution is 2.17. The molecule has 1 aromatic rings. The molecule has 5 heteroatoms. The van der Waals surface area contributed by atoms with Gasteiger partial charge in [0.15, 0.2) is 4.67 Å². The Morgan fingerprint density at radius 2 is 2.50 bits per heavy atom. The number of hydrogen-bond acceptors (Lipinski definition) is 2. The summed E-state index contributed by atoms with van der Waals surface area (Å²) in [7, 11) is 0. The second kappa shape index (κ2) is 5.41. The summed E-state index contributed by atoms with van der Waals surface area (Å²) in [6.07, 6.45) is 2.28. The molecule has 0 radical (unpaired) electrons. The second-order valence-electron chi connectivity index (χ2n) is 2.82. The SMILES string of the molecule is CCC(Cl)CNC(=O)c1ccoc1Br. The van der Waals surface area contributed by atoms with E-state index in [9.17, 15) is 4.79 Å². The van der Waals surface area contributed by atoms with Crippen molar-refractivity contribution in [2.75, 3.05) is 6.54 Å². The van der Waals surface area contributed by atoms with Crippen molar-refractivity contribution in [3.8, 4) is 0 Å². The summed E-state index contributed by atoms with van der Waals surface area (Å²) >= 11 is 8.99. The summed E-state index contributed by atoms with van der Waals surface area (Å²) < 4.78 is 5.38. The van der Waals surface area contributed by atoms with Crippen LogP contribution in [-0.4, -0.2) is 17.8 Å². The van der Waals surface area contributed by atoms with Gasteiger partial charge in [0.05, 0.1) is 17.2 Å². The highest BCUT2D eigenvalue weighted by Gasteiger charge is 2.12. The Bertz CT molecular complexity index is 314. The lowest BCUT2D eigenvalue weighted by Crippen LogP contribution is -2.29. The molecule has 0 aliphatic heterocycles. The van der Waals surface area contributed by atoms with Crippen molar-refractivity contribution >= 4 is 33.4 Å². The van der Waals surface area contributed by atoms with Crippen molar-refractivity contribution in [3.05, 3.63) is 22.6 Å². The van der Waals surface area contributed by atoms with E-state index in [1.807, 2.05) is 6.92 Å². The third-order valence-corrected chi connectivity index (χ3v) is 2.87. The smallest absolute Gasteiger partial charge is 0.255 e. The molecule has 1 atom stereocenters. The number of amides is 1. The summed E-state index contributed by atoms with van der Waals surface area (Å²) in [4.78, 5) is 11.5. The van der Waals surface area contributed by atoms with Gasteiger partial charge in [-0.05, 0) is 28.4 Å². The van der Waals surface area contributed by atoms with E-state index in [1.165, 1.54) is 6.26 Å². The van der Waals surface area contributed by atoms with Crippen LogP contribution in [0.25, 0.3) is 0 Å². The molecule has 78 valence electrons. The van der Waals surface area contributed by atoms with Crippen molar-refractivity contribution in [3.63, 3.8) is 0 Å². The summed E-state index contributed by atoms with van der Waals surface area (Å²) in [5, 5.41) is 2.69. The van der Waals surface area contributed by atoms with Gasteiger partial charge in [0.1, 0.15) is 0 Å². The van der Waals surface area contributed by atoms with Crippen LogP contribution in [0.5, 0.6) is 0 Å². The lowest BCUT2D eigenvalue weighted by Gasteiger charge is -2.07. The Hall–Kier alpha value is -0.480. The summed E-state index contributed by atoms with van der Waals surface area (Å²) in [5.74, 6) is -0.176. The molecule has 0 saturated carbocycles. The summed E-state index contributed by atoms with van der Waals surface area (Å²) in [5.41, 5.74) is 0.491. The molecule has 0 saturated heterocycles. The van der Waals surface area contributed by atoms with Crippen molar-refractivity contribution in [1.82, 2.24) is 5.32 Å². The Morgan fingerprint density at radius 3 is 3.00 bits per heavy atom. The molecular weight excluding hydrogens is 269 g/mol. The molecule has 0 fully saturated rings. The maximum atomic E-state index is 11.5. The minimum atomic E-state index is -0.176. The summed E-state index contributed by atoms with van der Waals surface area (Å²) in [6.45, 7) is 2.44. The van der Waals surface area contributed by atoms with E-state index in [2.05, 4.69) is 21.2 Å². The van der Waals surface area contributed by atoms with Gasteiger partial charge in [0.2, 0.25) is 0 Å². The fraction of sp³-hybridized carbons (Fsp3) is 0.444. The minimum absolute atomic E-state index is 0.0235. The van der Waals surface area contributed by atoms with E-state index >= 15 is 0 Å². The van der Waals surface area contributed by atoms with Crippen molar-refractivity contribution in [2.24, 2.45) is 0 Å². The van der Waals surface area contributed by atoms with Crippen molar-refractivity contribution in [1.29, 1.82) is 0 Å². The topological polar surface area (TPSA) is 42.2 Å². The molecule has 0 aliphatic carbocycles. The van der Waals surface area contributed by atoms with Gasteiger partial charge in [-0.15, -0.1) is 11.6 Å². The van der Waals surface area contributed by atoms with Crippen LogP contribution in [0.15, 0.2) is 21.4 Å². The Kier molecular flexibility index (Phi) is 4.48. The maximum Gasteiger partial charge on any atom is 0.255 e. The van der Waals surface area contributed by atoms with Crippen LogP contribution in [0, 0.1) is 0 Å². The molecule has 0 spiro atoms. The zero-order valence-corrected chi connectivity index (χ0v) is 10.1. The lowest BCUT2D eigenvalue weighted by molar-refractivity contribution is 0.0951. The minimum Gasteiger partial charge on any atom is -0.457 e. The molecule has 1 heterocycles. The van der Waals surface area contributed by atoms with Crippen LogP contribution in [0.1, 0.15) is 23.7 Å². The first-order valence-corrected chi connectivity index (χ1v) is 5.53. The number of halogens is 2. The Balaban J connectivity index is 2.47. The van der Waals surface area contributed by atoms with Crippen LogP contribution in [-0.2, 0) is 0 Å². The fourth-order valence-corrected chi connectivity index (χ4v) is 1.40. The number of carbonyl (C=O) groups excluding carboxylic acids is 1. The molecule has 1 unspecified atom stereocenters. The molecular formula is C9H11BrClNO2. The van der Waals surface area contributed by atoms with E-state index in [-0.39, 0.29) is 11.3 Å². The normalized spacial score (nSPS) is 12.5. The van der Waals surface area contributed by atoms with Crippen LogP contribution in [0.2, 0.25) is 0 Å². The fourth-order valence-electron chi connectivity index (χ4n) is 0.899. The van der Waals surface area contributed by atoms with Gasteiger partial charge >= 0.3 is 0 Å². The van der Waals surface area contributed by atoms with Crippen molar-refractivity contribution < 1.29 is 9.21 Å². The van der Waals surface area contributed by atoms with Gasteiger partial charge in [-0.1, -0.05) is 6.92 Å². The molecule has 1 rings (SSSR count). The average molecular weight is 281 g/mol. The lowest BCUT2D eigenvalue weighted by atomic mass is 10.3. The van der Waals surface area contributed by atoms with E-state index < -0.39 is 0 Å². The Labute approximate surface area is 95.9 Å². The van der Waals surface area contributed by atoms with Gasteiger partial charge < -0.3 is 9.73 Å². The van der Waals surface area contributed by atoms with Gasteiger partial charge in [-0.25, -0.2) is 0 Å². The van der Waals surface area contributed by atoms with E-state index in [0.29, 0.717) is 16.8 Å². The standard InChI is InChI=1S/C9H11BrClNO2/c1-2-6(11)5-12-9(13)7-3-4-14-8(7)10/h3-4,6H,2,5H2,1H3,(H,12,13). The van der Waals surface area contributed by atoms with Crippen LogP contribution < -0.4 is 5.32 Å². The number of nitrogens with one attached hydrogen (secondary N) is 1. The van der Waals surface area contributed by atoms with Gasteiger partial charge in [-0.3, -0.25) is 4.79 Å². The predicted octanol–water partition coefficient (Wildman–Crippen LogP) is 2.79. The highest BCUT2D eigenvalue weighted by molar-refractivity contribution is 9.10. The third-order valence-electron chi connectivity index (χ3n) is 1.79. The maximum absolute atomic E-state index is 11.5. The first-order valence-electron chi connectivity index (χ1n) is 4.30. The number of hydrogen-bond donors (Lipinski definition) is 1. The summed E-state index contributed by atoms with van der Waals surface area (Å²) in [6, 6.07) is 1.61. The van der Waals surface area contributed by atoms with Crippen molar-refractivity contribution in [2.45, 2.75) is 18.7 Å². The van der Waals surface area contributed by atoms with Gasteiger partial charge in [-0.2, -0.15) is 0 Å². The number of alkyl halides is 1. The van der Waals surface area contributed by atoms with E-state index in [0.717, 1.165) is 6.42 Å². The number of rotatable bonds is 4. The van der Waals surface area contributed by atoms with Crippen LogP contribution in [0.4, 0.5) is 0 Å². The molecule has 0 aliphatic rings. The molecule has 1 aromatic heterocycles. The van der Waals surface area contributed by atoms with E-state index in [4.69, 9.17) is 16.0 Å². The first kappa shape index (κ1) is 11.6. The quantitative estimate of drug-likeness (QED) is 0.862. The first-order chi connectivity index (χ1) is 6.65. The highest BCUT2D eigenvalue weighted by atomic mass is 79.9. The predicted molar refractivity (Wildman–Crippen MR) is 58.7 cm³/mol. The monoisotopic (exact) mass is 279 g/mol. The number of furan rings is 1. The number of carbonyl (C=O) groups is 1. The largest absolute Gasteiger partial charge is 0.457 e. The molecule has 3 nitrogen and oxygen atoms in total. The molecule has 0 bridgehead atoms. The second-order valence-corrected chi connectivity index (χ2v) is 4.16. The molecule has 0 aromatic carbocycles. The van der Waals surface area contributed by atoms with Gasteiger partial charge in [0.25, 0.3) is 5.91 Å². The zero-order chi connectivity index (χ0) is 10.6. The average Bonchev–Trinajstić information content (AvgIpc) is 2.60. The molecule has 14 heavy (non-hydrogen) atoms. The Morgan fingerprint density at radius 1 is 1.79 bits per heavy atom. The van der Waals surface area contributed by atoms with Crippen LogP contribution >= 0.6 is 27.5 Å². The van der Waals surface area contributed by atoms with Gasteiger partial charge in [0, 0.05) is 6.54 Å². The van der Waals surface area contributed by atoms with E-state index in [1.54, 1.807) is 6.07 Å². The molecule has 1 amide bonds. The third kappa shape index (κ3) is 3.03. The van der Waals surface area contributed by atoms with Crippen LogP contribution in [0.3, 0.4) is 0 Å². The zero-order valence-electron chi connectivity index (χ0n) is 7.72.